The van der Waals surface area contributed by atoms with Crippen LogP contribution in [0.3, 0.4) is 0 Å². The summed E-state index contributed by atoms with van der Waals surface area (Å²) < 4.78 is 0. The molecule has 0 bridgehead atoms. The largest absolute Gasteiger partial charge is 0.0613 e. The average molecular weight is 294 g/mol. The molecule has 0 saturated carbocycles. The molecule has 2 aromatic carbocycles. The second-order valence-electron chi connectivity index (χ2n) is 6.50. The molecular formula is C22H30. The fraction of sp³-hybridized carbons (Fsp3) is 0.455. The lowest BCUT2D eigenvalue weighted by atomic mass is 9.88. The molecule has 0 heteroatoms. The minimum Gasteiger partial charge on any atom is -0.0613 e. The van der Waals surface area contributed by atoms with E-state index in [0.29, 0.717) is 0 Å². The Bertz CT molecular complexity index is 603. The van der Waals surface area contributed by atoms with Gasteiger partial charge in [0.05, 0.1) is 0 Å². The van der Waals surface area contributed by atoms with Crippen LogP contribution < -0.4 is 0 Å². The van der Waals surface area contributed by atoms with Gasteiger partial charge in [-0.05, 0) is 97.9 Å². The zero-order valence-corrected chi connectivity index (χ0v) is 15.1. The number of hydrogen-bond donors (Lipinski definition) is 0. The van der Waals surface area contributed by atoms with Crippen LogP contribution in [0.4, 0.5) is 0 Å². The van der Waals surface area contributed by atoms with Crippen LogP contribution in [0.25, 0.3) is 0 Å². The number of hydrogen-bond acceptors (Lipinski definition) is 0. The summed E-state index contributed by atoms with van der Waals surface area (Å²) in [5.41, 5.74) is 12.0. The van der Waals surface area contributed by atoms with E-state index in [1.807, 2.05) is 0 Å². The van der Waals surface area contributed by atoms with Gasteiger partial charge in [0, 0.05) is 0 Å². The van der Waals surface area contributed by atoms with Gasteiger partial charge in [-0.25, -0.2) is 0 Å². The van der Waals surface area contributed by atoms with Crippen LogP contribution in [0, 0.1) is 27.7 Å². The molecule has 0 aliphatic rings. The van der Waals surface area contributed by atoms with Crippen LogP contribution in [0.1, 0.15) is 58.4 Å². The molecule has 0 heterocycles. The first-order valence-corrected chi connectivity index (χ1v) is 8.65. The van der Waals surface area contributed by atoms with Crippen molar-refractivity contribution in [3.63, 3.8) is 0 Å². The lowest BCUT2D eigenvalue weighted by molar-refractivity contribution is 0.902. The molecule has 0 aromatic heterocycles. The first kappa shape index (κ1) is 16.8. The predicted octanol–water partition coefficient (Wildman–Crippen LogP) is 5.83. The lowest BCUT2D eigenvalue weighted by Crippen LogP contribution is -2.04. The fourth-order valence-corrected chi connectivity index (χ4v) is 3.67. The van der Waals surface area contributed by atoms with E-state index in [4.69, 9.17) is 0 Å². The van der Waals surface area contributed by atoms with E-state index < -0.39 is 0 Å². The van der Waals surface area contributed by atoms with Gasteiger partial charge >= 0.3 is 0 Å². The van der Waals surface area contributed by atoms with Crippen LogP contribution in [0.2, 0.25) is 0 Å². The highest BCUT2D eigenvalue weighted by Crippen LogP contribution is 2.24. The Hall–Kier alpha value is -1.56. The maximum atomic E-state index is 2.29. The number of aryl methyl sites for hydroxylation is 4. The highest BCUT2D eigenvalue weighted by Gasteiger charge is 2.10. The fourth-order valence-electron chi connectivity index (χ4n) is 3.67. The van der Waals surface area contributed by atoms with Gasteiger partial charge in [-0.3, -0.25) is 0 Å². The molecule has 118 valence electrons. The molecule has 0 radical (unpaired) electrons. The Morgan fingerprint density at radius 1 is 0.591 bits per heavy atom. The summed E-state index contributed by atoms with van der Waals surface area (Å²) in [6, 6.07) is 9.18. The van der Waals surface area contributed by atoms with Crippen molar-refractivity contribution in [3.8, 4) is 0 Å². The summed E-state index contributed by atoms with van der Waals surface area (Å²) in [7, 11) is 0. The Balaban J connectivity index is 2.32. The molecular weight excluding hydrogens is 264 g/mol. The van der Waals surface area contributed by atoms with Gasteiger partial charge in [-0.15, -0.1) is 0 Å². The average Bonchev–Trinajstić information content (AvgIpc) is 2.50. The maximum Gasteiger partial charge on any atom is -0.0233 e. The van der Waals surface area contributed by atoms with E-state index in [1.165, 1.54) is 33.4 Å². The second-order valence-corrected chi connectivity index (χ2v) is 6.50. The van der Waals surface area contributed by atoms with E-state index in [1.54, 1.807) is 11.1 Å². The van der Waals surface area contributed by atoms with Gasteiger partial charge in [-0.1, -0.05) is 38.1 Å². The SMILES string of the molecule is CCc1ccc(C)c(CCc2c(C)ccc(CC)c2C)c1C. The molecule has 0 saturated heterocycles. The zero-order chi connectivity index (χ0) is 16.3. The highest BCUT2D eigenvalue weighted by atomic mass is 14.2. The van der Waals surface area contributed by atoms with Crippen molar-refractivity contribution < 1.29 is 0 Å². The molecule has 0 fully saturated rings. The topological polar surface area (TPSA) is 0 Å². The third-order valence-corrected chi connectivity index (χ3v) is 5.28. The molecule has 2 aromatic rings. The first-order valence-electron chi connectivity index (χ1n) is 8.65. The monoisotopic (exact) mass is 294 g/mol. The molecule has 22 heavy (non-hydrogen) atoms. The van der Waals surface area contributed by atoms with E-state index in [-0.39, 0.29) is 0 Å². The van der Waals surface area contributed by atoms with E-state index in [9.17, 15) is 0 Å². The molecule has 0 nitrogen and oxygen atoms in total. The van der Waals surface area contributed by atoms with Crippen molar-refractivity contribution >= 4 is 0 Å². The smallest absolute Gasteiger partial charge is 0.0233 e. The lowest BCUT2D eigenvalue weighted by Gasteiger charge is -2.17. The van der Waals surface area contributed by atoms with Gasteiger partial charge in [0.1, 0.15) is 0 Å². The standard InChI is InChI=1S/C22H30/c1-7-19-11-9-15(3)21(17(19)5)13-14-22-16(4)10-12-20(8-2)18(22)6/h9-12H,7-8,13-14H2,1-6H3. The van der Waals surface area contributed by atoms with Gasteiger partial charge in [0.25, 0.3) is 0 Å². The summed E-state index contributed by atoms with van der Waals surface area (Å²) in [5.74, 6) is 0. The molecule has 0 N–H and O–H groups in total. The van der Waals surface area contributed by atoms with E-state index >= 15 is 0 Å². The van der Waals surface area contributed by atoms with Crippen LogP contribution in [-0.2, 0) is 25.7 Å². The van der Waals surface area contributed by atoms with Crippen molar-refractivity contribution in [1.82, 2.24) is 0 Å². The quantitative estimate of drug-likeness (QED) is 0.651. The third-order valence-electron chi connectivity index (χ3n) is 5.28. The summed E-state index contributed by atoms with van der Waals surface area (Å²) >= 11 is 0. The summed E-state index contributed by atoms with van der Waals surface area (Å²) in [5, 5.41) is 0. The Kier molecular flexibility index (Phi) is 5.45. The van der Waals surface area contributed by atoms with Crippen molar-refractivity contribution in [2.75, 3.05) is 0 Å². The molecule has 0 atom stereocenters. The van der Waals surface area contributed by atoms with Gasteiger partial charge < -0.3 is 0 Å². The second kappa shape index (κ2) is 7.13. The Morgan fingerprint density at radius 3 is 1.27 bits per heavy atom. The Labute approximate surface area is 136 Å². The minimum absolute atomic E-state index is 1.13. The van der Waals surface area contributed by atoms with Crippen molar-refractivity contribution in [1.29, 1.82) is 0 Å². The zero-order valence-electron chi connectivity index (χ0n) is 15.1. The molecule has 0 unspecified atom stereocenters. The molecule has 0 aliphatic heterocycles. The number of rotatable bonds is 5. The summed E-state index contributed by atoms with van der Waals surface area (Å²) in [6.07, 6.45) is 4.56. The normalized spacial score (nSPS) is 11.0. The highest BCUT2D eigenvalue weighted by molar-refractivity contribution is 5.43. The summed E-state index contributed by atoms with van der Waals surface area (Å²) in [4.78, 5) is 0. The van der Waals surface area contributed by atoms with Crippen molar-refractivity contribution in [2.45, 2.75) is 67.2 Å². The van der Waals surface area contributed by atoms with E-state index in [0.717, 1.165) is 25.7 Å². The molecule has 0 spiro atoms. The van der Waals surface area contributed by atoms with Gasteiger partial charge in [0.15, 0.2) is 0 Å². The molecule has 2 rings (SSSR count). The first-order chi connectivity index (χ1) is 10.5. The summed E-state index contributed by atoms with van der Waals surface area (Å²) in [6.45, 7) is 13.6. The predicted molar refractivity (Wildman–Crippen MR) is 98.0 cm³/mol. The Morgan fingerprint density at radius 2 is 0.955 bits per heavy atom. The van der Waals surface area contributed by atoms with Crippen molar-refractivity contribution in [3.05, 3.63) is 68.8 Å². The molecule has 0 amide bonds. The molecule has 0 aliphatic carbocycles. The van der Waals surface area contributed by atoms with E-state index in [2.05, 4.69) is 65.8 Å². The van der Waals surface area contributed by atoms with Crippen LogP contribution >= 0.6 is 0 Å². The van der Waals surface area contributed by atoms with Crippen LogP contribution in [-0.4, -0.2) is 0 Å². The van der Waals surface area contributed by atoms with Gasteiger partial charge in [0.2, 0.25) is 0 Å². The third kappa shape index (κ3) is 3.27. The minimum atomic E-state index is 1.13. The van der Waals surface area contributed by atoms with Gasteiger partial charge in [-0.2, -0.15) is 0 Å². The number of benzene rings is 2. The van der Waals surface area contributed by atoms with Crippen molar-refractivity contribution in [2.24, 2.45) is 0 Å². The van der Waals surface area contributed by atoms with Crippen LogP contribution in [0.15, 0.2) is 24.3 Å². The van der Waals surface area contributed by atoms with Crippen LogP contribution in [0.5, 0.6) is 0 Å². The maximum absolute atomic E-state index is 2.29.